The molecule has 2 heterocycles. The van der Waals surface area contributed by atoms with Gasteiger partial charge < -0.3 is 14.8 Å². The number of aromatic amines is 1. The van der Waals surface area contributed by atoms with Gasteiger partial charge in [-0.3, -0.25) is 33.4 Å². The van der Waals surface area contributed by atoms with Crippen LogP contribution >= 0.6 is 7.60 Å². The monoisotopic (exact) mass is 395 g/mol. The van der Waals surface area contributed by atoms with Gasteiger partial charge in [-0.15, -0.1) is 0 Å². The fraction of sp³-hybridized carbons (Fsp3) is 0.214. The topological polar surface area (TPSA) is 173 Å². The molecule has 0 spiro atoms. The predicted molar refractivity (Wildman–Crippen MR) is 94.1 cm³/mol. The van der Waals surface area contributed by atoms with Crippen molar-refractivity contribution in [1.29, 1.82) is 0 Å². The molecule has 0 aliphatic carbocycles. The van der Waals surface area contributed by atoms with Crippen molar-refractivity contribution in [3.05, 3.63) is 60.7 Å². The van der Waals surface area contributed by atoms with Crippen LogP contribution in [0.15, 0.2) is 27.9 Å². The number of nitrogens with zero attached hydrogens (tertiary/aromatic N) is 4. The van der Waals surface area contributed by atoms with E-state index in [0.717, 1.165) is 6.07 Å². The highest BCUT2D eigenvalue weighted by atomic mass is 31.2. The van der Waals surface area contributed by atoms with Crippen molar-refractivity contribution in [3.63, 3.8) is 0 Å². The van der Waals surface area contributed by atoms with E-state index in [1.807, 2.05) is 0 Å². The minimum absolute atomic E-state index is 0.0384. The first-order valence-corrected chi connectivity index (χ1v) is 9.30. The third-order valence-corrected chi connectivity index (χ3v) is 4.51. The summed E-state index contributed by atoms with van der Waals surface area (Å²) >= 11 is 0. The molecule has 3 aromatic rings. The van der Waals surface area contributed by atoms with E-state index in [1.165, 1.54) is 10.6 Å². The summed E-state index contributed by atoms with van der Waals surface area (Å²) in [7, 11) is -4.71. The van der Waals surface area contributed by atoms with Crippen molar-refractivity contribution >= 4 is 24.3 Å². The number of aryl methyl sites for hydroxylation is 2. The summed E-state index contributed by atoms with van der Waals surface area (Å²) in [5.74, 6) is 0.434. The highest BCUT2D eigenvalue weighted by Crippen LogP contribution is 2.37. The molecular formula is C14H14N5O7P. The second kappa shape index (κ2) is 6.27. The fourth-order valence-corrected chi connectivity index (χ4v) is 3.47. The Bertz CT molecular complexity index is 1250. The molecule has 1 aromatic carbocycles. The Morgan fingerprint density at radius 1 is 1.30 bits per heavy atom. The average molecular weight is 395 g/mol. The molecule has 0 unspecified atom stereocenters. The van der Waals surface area contributed by atoms with Crippen molar-refractivity contribution < 1.29 is 19.3 Å². The highest BCUT2D eigenvalue weighted by Gasteiger charge is 2.24. The molecule has 0 aliphatic rings. The van der Waals surface area contributed by atoms with E-state index in [2.05, 4.69) is 9.97 Å². The van der Waals surface area contributed by atoms with E-state index in [4.69, 9.17) is 0 Å². The molecule has 13 heteroatoms. The van der Waals surface area contributed by atoms with E-state index in [1.54, 1.807) is 20.0 Å². The highest BCUT2D eigenvalue weighted by molar-refractivity contribution is 7.50. The van der Waals surface area contributed by atoms with Crippen LogP contribution in [-0.4, -0.2) is 33.8 Å². The molecule has 27 heavy (non-hydrogen) atoms. The van der Waals surface area contributed by atoms with Crippen molar-refractivity contribution in [2.24, 2.45) is 0 Å². The first-order valence-electron chi connectivity index (χ1n) is 7.51. The van der Waals surface area contributed by atoms with Crippen LogP contribution in [0.2, 0.25) is 0 Å². The molecule has 0 saturated carbocycles. The quantitative estimate of drug-likeness (QED) is 0.248. The van der Waals surface area contributed by atoms with Crippen LogP contribution in [-0.2, 0) is 10.9 Å². The summed E-state index contributed by atoms with van der Waals surface area (Å²) in [4.78, 5) is 59.6. The van der Waals surface area contributed by atoms with Gasteiger partial charge in [0.2, 0.25) is 0 Å². The lowest BCUT2D eigenvalue weighted by molar-refractivity contribution is -0.384. The van der Waals surface area contributed by atoms with E-state index < -0.39 is 29.9 Å². The third-order valence-electron chi connectivity index (χ3n) is 3.86. The third kappa shape index (κ3) is 3.45. The Morgan fingerprint density at radius 2 is 1.96 bits per heavy atom. The molecule has 3 N–H and O–H groups in total. The first kappa shape index (κ1) is 18.7. The molecular weight excluding hydrogens is 381 g/mol. The van der Waals surface area contributed by atoms with Crippen molar-refractivity contribution in [2.75, 3.05) is 0 Å². The van der Waals surface area contributed by atoms with E-state index in [-0.39, 0.29) is 22.4 Å². The number of aromatic nitrogens is 4. The summed E-state index contributed by atoms with van der Waals surface area (Å²) < 4.78 is 13.4. The van der Waals surface area contributed by atoms with Crippen LogP contribution in [0.1, 0.15) is 11.5 Å². The molecule has 0 aliphatic heterocycles. The number of hydrogen-bond donors (Lipinski definition) is 3. The van der Waals surface area contributed by atoms with Crippen molar-refractivity contribution in [1.82, 2.24) is 19.1 Å². The molecule has 0 radical (unpaired) electrons. The number of hydrogen-bond acceptors (Lipinski definition) is 6. The van der Waals surface area contributed by atoms with Gasteiger partial charge in [-0.2, -0.15) is 0 Å². The van der Waals surface area contributed by atoms with Gasteiger partial charge in [-0.05, 0) is 19.9 Å². The fourth-order valence-electron chi connectivity index (χ4n) is 2.82. The zero-order valence-electron chi connectivity index (χ0n) is 14.1. The maximum absolute atomic E-state index is 12.1. The SMILES string of the molecule is Cc1cn(-c2cc3c(cc2[N+](=O)[O-])[nH]c(=O)c(=O)n3CP(=O)(O)O)c(C)n1. The number of imidazole rings is 1. The van der Waals surface area contributed by atoms with Crippen LogP contribution in [0.3, 0.4) is 0 Å². The van der Waals surface area contributed by atoms with Gasteiger partial charge in [0.1, 0.15) is 17.8 Å². The number of nitro groups is 1. The number of nitro benzene ring substituents is 1. The van der Waals surface area contributed by atoms with Gasteiger partial charge in [-0.25, -0.2) is 4.98 Å². The lowest BCUT2D eigenvalue weighted by atomic mass is 10.2. The maximum Gasteiger partial charge on any atom is 0.345 e. The molecule has 0 fully saturated rings. The second-order valence-corrected chi connectivity index (χ2v) is 7.52. The van der Waals surface area contributed by atoms with Crippen molar-refractivity contribution in [3.8, 4) is 5.69 Å². The molecule has 12 nitrogen and oxygen atoms in total. The molecule has 142 valence electrons. The predicted octanol–water partition coefficient (Wildman–Crippen LogP) is 0.536. The van der Waals surface area contributed by atoms with Gasteiger partial charge in [0.05, 0.1) is 21.7 Å². The smallest absolute Gasteiger partial charge is 0.323 e. The molecule has 0 saturated heterocycles. The summed E-state index contributed by atoms with van der Waals surface area (Å²) in [6.45, 7) is 3.31. The summed E-state index contributed by atoms with van der Waals surface area (Å²) in [6, 6.07) is 2.26. The van der Waals surface area contributed by atoms with Crippen LogP contribution < -0.4 is 11.1 Å². The minimum Gasteiger partial charge on any atom is -0.323 e. The van der Waals surface area contributed by atoms with Gasteiger partial charge in [0.25, 0.3) is 5.69 Å². The zero-order valence-corrected chi connectivity index (χ0v) is 15.0. The number of fused-ring (bicyclic) bond motifs is 1. The Kier molecular flexibility index (Phi) is 4.34. The minimum atomic E-state index is -4.71. The normalized spacial score (nSPS) is 11.9. The summed E-state index contributed by atoms with van der Waals surface area (Å²) in [5.41, 5.74) is -2.23. The lowest BCUT2D eigenvalue weighted by Crippen LogP contribution is -2.36. The van der Waals surface area contributed by atoms with Gasteiger partial charge >= 0.3 is 18.7 Å². The number of rotatable bonds is 4. The molecule has 0 atom stereocenters. The number of H-pyrrole nitrogens is 1. The van der Waals surface area contributed by atoms with E-state index >= 15 is 0 Å². The first-order chi connectivity index (χ1) is 12.5. The zero-order chi connectivity index (χ0) is 20.1. The van der Waals surface area contributed by atoms with Crippen LogP contribution in [0, 0.1) is 24.0 Å². The van der Waals surface area contributed by atoms with Crippen LogP contribution in [0.4, 0.5) is 5.69 Å². The lowest BCUT2D eigenvalue weighted by Gasteiger charge is -2.13. The Hall–Kier alpha value is -3.08. The largest absolute Gasteiger partial charge is 0.345 e. The Labute approximate surface area is 150 Å². The maximum atomic E-state index is 12.1. The number of nitrogens with one attached hydrogen (secondary N) is 1. The Balaban J connectivity index is 2.46. The van der Waals surface area contributed by atoms with Crippen LogP contribution in [0.25, 0.3) is 16.7 Å². The standard InChI is InChI=1S/C14H14N5O7P/c1-7-5-17(8(2)15-7)11-4-10-9(3-12(11)19(22)23)16-13(20)14(21)18(10)6-27(24,25)26/h3-5H,6H2,1-2H3,(H,16,20)(H2,24,25,26). The van der Waals surface area contributed by atoms with Gasteiger partial charge in [0, 0.05) is 12.3 Å². The van der Waals surface area contributed by atoms with E-state index in [0.29, 0.717) is 16.1 Å². The molecule has 2 aromatic heterocycles. The van der Waals surface area contributed by atoms with Crippen LogP contribution in [0.5, 0.6) is 0 Å². The van der Waals surface area contributed by atoms with E-state index in [9.17, 15) is 34.1 Å². The second-order valence-electron chi connectivity index (χ2n) is 5.91. The Morgan fingerprint density at radius 3 is 2.48 bits per heavy atom. The van der Waals surface area contributed by atoms with Gasteiger partial charge in [0.15, 0.2) is 0 Å². The molecule has 3 rings (SSSR count). The molecule has 0 amide bonds. The average Bonchev–Trinajstić information content (AvgIpc) is 2.88. The van der Waals surface area contributed by atoms with Gasteiger partial charge in [-0.1, -0.05) is 0 Å². The molecule has 0 bridgehead atoms. The number of benzene rings is 1. The summed E-state index contributed by atoms with van der Waals surface area (Å²) in [5, 5.41) is 11.5. The summed E-state index contributed by atoms with van der Waals surface area (Å²) in [6.07, 6.45) is 0.506. The van der Waals surface area contributed by atoms with Crippen molar-refractivity contribution in [2.45, 2.75) is 20.1 Å².